The second-order valence-corrected chi connectivity index (χ2v) is 22.3. The van der Waals surface area contributed by atoms with E-state index in [0.717, 1.165) is 38.7 Å². The summed E-state index contributed by atoms with van der Waals surface area (Å²) in [6, 6.07) is 0. The van der Waals surface area contributed by atoms with E-state index in [4.69, 9.17) is 13.6 Å². The molecule has 0 aromatic carbocycles. The van der Waals surface area contributed by atoms with Crippen LogP contribution in [0.5, 0.6) is 0 Å². The van der Waals surface area contributed by atoms with E-state index in [9.17, 15) is 4.79 Å². The van der Waals surface area contributed by atoms with Gasteiger partial charge in [-0.2, -0.15) is 0 Å². The molecule has 1 rings (SSSR count). The highest BCUT2D eigenvalue weighted by Gasteiger charge is 2.46. The Hall–Kier alpha value is -0.436. The van der Waals surface area contributed by atoms with Gasteiger partial charge in [0.15, 0.2) is 16.6 Å². The second-order valence-electron chi connectivity index (χ2n) is 12.8. The van der Waals surface area contributed by atoms with Gasteiger partial charge in [-0.3, -0.25) is 4.79 Å². The van der Waals surface area contributed by atoms with Crippen LogP contribution in [0.25, 0.3) is 0 Å². The minimum Gasteiger partial charge on any atom is -0.469 e. The van der Waals surface area contributed by atoms with Gasteiger partial charge in [-0.1, -0.05) is 53.7 Å². The number of methoxy groups -OCH3 is 1. The fourth-order valence-electron chi connectivity index (χ4n) is 3.89. The molecule has 3 atom stereocenters. The summed E-state index contributed by atoms with van der Waals surface area (Å²) in [5.41, 5.74) is 1.31. The lowest BCUT2D eigenvalue weighted by Gasteiger charge is -2.42. The lowest BCUT2D eigenvalue weighted by molar-refractivity contribution is -0.140. The second kappa shape index (κ2) is 11.3. The predicted molar refractivity (Wildman–Crippen MR) is 141 cm³/mol. The smallest absolute Gasteiger partial charge is 0.305 e. The molecule has 0 amide bonds. The molecule has 0 aromatic rings. The average Bonchev–Trinajstić information content (AvgIpc) is 3.03. The Morgan fingerprint density at radius 2 is 1.44 bits per heavy atom. The molecule has 1 saturated carbocycles. The van der Waals surface area contributed by atoms with Crippen LogP contribution in [0, 0.1) is 11.8 Å². The van der Waals surface area contributed by atoms with E-state index in [1.807, 2.05) is 0 Å². The van der Waals surface area contributed by atoms with Gasteiger partial charge in [-0.05, 0) is 74.3 Å². The zero-order valence-electron chi connectivity index (χ0n) is 23.0. The highest BCUT2D eigenvalue weighted by molar-refractivity contribution is 6.74. The summed E-state index contributed by atoms with van der Waals surface area (Å²) in [5, 5.41) is 0.391. The molecule has 0 N–H and O–H groups in total. The Morgan fingerprint density at radius 1 is 0.906 bits per heavy atom. The molecule has 0 aromatic heterocycles. The van der Waals surface area contributed by atoms with Crippen molar-refractivity contribution in [3.63, 3.8) is 0 Å². The predicted octanol–water partition coefficient (Wildman–Crippen LogP) is 7.71. The van der Waals surface area contributed by atoms with Crippen LogP contribution in [0.4, 0.5) is 0 Å². The van der Waals surface area contributed by atoms with Gasteiger partial charge in [-0.15, -0.1) is 0 Å². The first-order chi connectivity index (χ1) is 14.4. The van der Waals surface area contributed by atoms with E-state index >= 15 is 0 Å². The third kappa shape index (κ3) is 8.10. The number of carbonyl (C=O) groups excluding carboxylic acids is 1. The van der Waals surface area contributed by atoms with Crippen molar-refractivity contribution in [2.75, 3.05) is 13.7 Å². The molecule has 32 heavy (non-hydrogen) atoms. The summed E-state index contributed by atoms with van der Waals surface area (Å²) in [6.45, 7) is 28.5. The highest BCUT2D eigenvalue weighted by atomic mass is 28.4. The molecule has 0 spiro atoms. The Bertz CT molecular complexity index is 629. The molecule has 0 saturated heterocycles. The molecule has 1 fully saturated rings. The van der Waals surface area contributed by atoms with Crippen molar-refractivity contribution in [1.82, 2.24) is 0 Å². The van der Waals surface area contributed by atoms with Crippen LogP contribution in [-0.4, -0.2) is 42.4 Å². The van der Waals surface area contributed by atoms with E-state index in [-0.39, 0.29) is 22.1 Å². The van der Waals surface area contributed by atoms with Crippen LogP contribution in [0.3, 0.4) is 0 Å². The van der Waals surface area contributed by atoms with Gasteiger partial charge < -0.3 is 13.6 Å². The number of unbranched alkanes of at least 4 members (excludes halogenated alkanes) is 1. The molecular formula is C26H52O4Si2. The number of ether oxygens (including phenoxy) is 1. The zero-order valence-corrected chi connectivity index (χ0v) is 25.0. The standard InChI is InChI=1S/C26H52O4Si2/c1-20(15-13-14-16-24(27)28-8)21-17-18-23(30-32(11,12)26(5,6)7)22(21)19-29-31(9,10)25(2,3)4/h21-23H,1,13-19H2,2-12H3/t21-,22+,23-/m0/s1. The van der Waals surface area contributed by atoms with Gasteiger partial charge in [0.1, 0.15) is 0 Å². The highest BCUT2D eigenvalue weighted by Crippen LogP contribution is 2.46. The van der Waals surface area contributed by atoms with Gasteiger partial charge in [0.2, 0.25) is 0 Å². The maximum Gasteiger partial charge on any atom is 0.305 e. The van der Waals surface area contributed by atoms with Crippen molar-refractivity contribution in [2.24, 2.45) is 11.8 Å². The van der Waals surface area contributed by atoms with Crippen LogP contribution in [-0.2, 0) is 18.4 Å². The number of esters is 1. The van der Waals surface area contributed by atoms with Crippen molar-refractivity contribution in [1.29, 1.82) is 0 Å². The summed E-state index contributed by atoms with van der Waals surface area (Å²) in [4.78, 5) is 11.4. The molecule has 0 aliphatic heterocycles. The number of rotatable bonds is 11. The molecular weight excluding hydrogens is 432 g/mol. The molecule has 4 nitrogen and oxygen atoms in total. The molecule has 1 aliphatic rings. The summed E-state index contributed by atoms with van der Waals surface area (Å²) in [5.74, 6) is 0.680. The maximum absolute atomic E-state index is 11.4. The lowest BCUT2D eigenvalue weighted by Crippen LogP contribution is -2.47. The van der Waals surface area contributed by atoms with Gasteiger partial charge >= 0.3 is 5.97 Å². The first-order valence-corrected chi connectivity index (χ1v) is 18.3. The van der Waals surface area contributed by atoms with Crippen molar-refractivity contribution in [3.8, 4) is 0 Å². The van der Waals surface area contributed by atoms with Crippen LogP contribution in [0.2, 0.25) is 36.3 Å². The first-order valence-electron chi connectivity index (χ1n) is 12.5. The molecule has 0 heterocycles. The first kappa shape index (κ1) is 29.6. The van der Waals surface area contributed by atoms with E-state index in [2.05, 4.69) is 74.3 Å². The summed E-state index contributed by atoms with van der Waals surface area (Å²) >= 11 is 0. The third-order valence-electron chi connectivity index (χ3n) is 8.33. The maximum atomic E-state index is 11.4. The molecule has 0 bridgehead atoms. The van der Waals surface area contributed by atoms with Crippen LogP contribution >= 0.6 is 0 Å². The van der Waals surface area contributed by atoms with Crippen LogP contribution < -0.4 is 0 Å². The van der Waals surface area contributed by atoms with Crippen molar-refractivity contribution < 1.29 is 18.4 Å². The Labute approximate surface area is 201 Å². The van der Waals surface area contributed by atoms with E-state index in [1.54, 1.807) is 0 Å². The van der Waals surface area contributed by atoms with Gasteiger partial charge in [0.05, 0.1) is 13.2 Å². The topological polar surface area (TPSA) is 44.8 Å². The minimum atomic E-state index is -1.86. The van der Waals surface area contributed by atoms with Crippen molar-refractivity contribution in [2.45, 2.75) is 122 Å². The third-order valence-corrected chi connectivity index (χ3v) is 17.3. The largest absolute Gasteiger partial charge is 0.469 e. The van der Waals surface area contributed by atoms with Crippen molar-refractivity contribution in [3.05, 3.63) is 12.2 Å². The Morgan fingerprint density at radius 3 is 1.94 bits per heavy atom. The summed E-state index contributed by atoms with van der Waals surface area (Å²) in [7, 11) is -2.24. The van der Waals surface area contributed by atoms with Crippen LogP contribution in [0.15, 0.2) is 12.2 Å². The van der Waals surface area contributed by atoms with E-state index in [1.165, 1.54) is 12.7 Å². The average molecular weight is 485 g/mol. The quantitative estimate of drug-likeness (QED) is 0.130. The lowest BCUT2D eigenvalue weighted by atomic mass is 9.86. The monoisotopic (exact) mass is 484 g/mol. The fraction of sp³-hybridized carbons (Fsp3) is 0.885. The number of hydrogen-bond donors (Lipinski definition) is 0. The normalized spacial score (nSPS) is 22.8. The SMILES string of the molecule is C=C(CCCCC(=O)OC)[C@@H]1CC[C@H](O[Si](C)(C)C(C)(C)C)[C@@H]1CO[Si](C)(C)C(C)(C)C. The fourth-order valence-corrected chi connectivity index (χ4v) is 6.34. The van der Waals surface area contributed by atoms with Gasteiger partial charge in [-0.25, -0.2) is 0 Å². The molecule has 1 aliphatic carbocycles. The molecule has 0 radical (unpaired) electrons. The van der Waals surface area contributed by atoms with E-state index < -0.39 is 16.6 Å². The molecule has 188 valence electrons. The van der Waals surface area contributed by atoms with Gasteiger partial charge in [0.25, 0.3) is 0 Å². The number of carbonyl (C=O) groups is 1. The van der Waals surface area contributed by atoms with Crippen LogP contribution in [0.1, 0.15) is 80.1 Å². The Kier molecular flexibility index (Phi) is 10.5. The Balaban J connectivity index is 2.93. The van der Waals surface area contributed by atoms with E-state index in [0.29, 0.717) is 18.3 Å². The summed E-state index contributed by atoms with van der Waals surface area (Å²) in [6.07, 6.45) is 5.75. The number of allylic oxidation sites excluding steroid dienone is 1. The summed E-state index contributed by atoms with van der Waals surface area (Å²) < 4.78 is 18.4. The minimum absolute atomic E-state index is 0.125. The van der Waals surface area contributed by atoms with Crippen molar-refractivity contribution >= 4 is 22.6 Å². The zero-order chi connectivity index (χ0) is 25.0. The number of hydrogen-bond acceptors (Lipinski definition) is 4. The molecule has 0 unspecified atom stereocenters. The molecule has 6 heteroatoms. The van der Waals surface area contributed by atoms with Gasteiger partial charge in [0, 0.05) is 18.9 Å².